The van der Waals surface area contributed by atoms with Crippen molar-refractivity contribution in [2.24, 2.45) is 5.92 Å². The van der Waals surface area contributed by atoms with Crippen LogP contribution < -0.4 is 5.32 Å². The molecule has 8 heteroatoms. The lowest BCUT2D eigenvalue weighted by Gasteiger charge is -2.33. The molecule has 7 nitrogen and oxygen atoms in total. The Morgan fingerprint density at radius 2 is 1.95 bits per heavy atom. The molecule has 0 aromatic heterocycles. The molecule has 0 aromatic carbocycles. The van der Waals surface area contributed by atoms with Crippen molar-refractivity contribution in [3.8, 4) is 0 Å². The molecule has 3 N–H and O–H groups in total. The summed E-state index contributed by atoms with van der Waals surface area (Å²) in [6.45, 7) is 6.76. The zero-order valence-electron chi connectivity index (χ0n) is 12.4. The van der Waals surface area contributed by atoms with Gasteiger partial charge in [-0.3, -0.25) is 9.35 Å². The van der Waals surface area contributed by atoms with Crippen molar-refractivity contribution < 1.29 is 27.1 Å². The van der Waals surface area contributed by atoms with Crippen LogP contribution in [0.15, 0.2) is 0 Å². The zero-order valence-corrected chi connectivity index (χ0v) is 13.2. The van der Waals surface area contributed by atoms with Gasteiger partial charge in [0.15, 0.2) is 0 Å². The normalized spacial score (nSPS) is 16.8. The smallest absolute Gasteiger partial charge is 0.387 e. The lowest BCUT2D eigenvalue weighted by atomic mass is 9.89. The molecule has 0 aromatic rings. The molecule has 0 aliphatic rings. The topological polar surface area (TPSA) is 113 Å². The highest BCUT2D eigenvalue weighted by Gasteiger charge is 2.36. The fraction of sp³-hybridized carbons (Fsp3) is 0.917. The molecule has 1 amide bonds. The summed E-state index contributed by atoms with van der Waals surface area (Å²) in [5.74, 6) is -0.180. The minimum absolute atomic E-state index is 0.0869. The summed E-state index contributed by atoms with van der Waals surface area (Å²) in [6.07, 6.45) is -0.0412. The maximum Gasteiger partial charge on any atom is 0.397 e. The quantitative estimate of drug-likeness (QED) is 0.545. The summed E-state index contributed by atoms with van der Waals surface area (Å²) in [6, 6.07) is 0. The van der Waals surface area contributed by atoms with E-state index in [0.29, 0.717) is 12.8 Å². The second kappa shape index (κ2) is 7.92. The van der Waals surface area contributed by atoms with E-state index in [1.165, 1.54) is 6.92 Å². The van der Waals surface area contributed by atoms with Crippen molar-refractivity contribution in [2.75, 3.05) is 6.54 Å². The molecule has 0 radical (unpaired) electrons. The maximum absolute atomic E-state index is 11.4. The second-order valence-electron chi connectivity index (χ2n) is 5.52. The van der Waals surface area contributed by atoms with Gasteiger partial charge in [0.1, 0.15) is 6.10 Å². The first kappa shape index (κ1) is 19.3. The average Bonchev–Trinajstić information content (AvgIpc) is 2.21. The van der Waals surface area contributed by atoms with Crippen molar-refractivity contribution in [2.45, 2.75) is 58.7 Å². The molecule has 0 heterocycles. The number of aliphatic hydroxyl groups is 1. The minimum atomic E-state index is -4.71. The van der Waals surface area contributed by atoms with E-state index in [0.717, 1.165) is 0 Å². The molecule has 20 heavy (non-hydrogen) atoms. The van der Waals surface area contributed by atoms with E-state index in [1.807, 2.05) is 20.8 Å². The van der Waals surface area contributed by atoms with Crippen LogP contribution in [0, 0.1) is 5.92 Å². The highest BCUT2D eigenvalue weighted by molar-refractivity contribution is 7.80. The van der Waals surface area contributed by atoms with Gasteiger partial charge in [-0.1, -0.05) is 20.8 Å². The molecule has 0 saturated heterocycles. The maximum atomic E-state index is 11.4. The van der Waals surface area contributed by atoms with Gasteiger partial charge in [-0.05, 0) is 25.7 Å². The van der Waals surface area contributed by atoms with E-state index < -0.39 is 22.1 Å². The predicted octanol–water partition coefficient (Wildman–Crippen LogP) is 0.888. The van der Waals surface area contributed by atoms with Crippen LogP contribution in [0.4, 0.5) is 0 Å². The van der Waals surface area contributed by atoms with E-state index >= 15 is 0 Å². The first-order valence-corrected chi connectivity index (χ1v) is 7.99. The first-order valence-electron chi connectivity index (χ1n) is 6.62. The van der Waals surface area contributed by atoms with Crippen LogP contribution in [0.1, 0.15) is 47.0 Å². The standard InChI is InChI=1S/C12H25NO6S/c1-5-6-11(14)13-8-10(19-20(16,17)18)12(4,15)7-9(2)3/h9-10,15H,5-8H2,1-4H3,(H,13,14)(H,16,17,18). The van der Waals surface area contributed by atoms with Gasteiger partial charge in [0, 0.05) is 13.0 Å². The number of amides is 1. The van der Waals surface area contributed by atoms with Crippen LogP contribution >= 0.6 is 0 Å². The molecule has 120 valence electrons. The molecule has 0 bridgehead atoms. The molecule has 0 rings (SSSR count). The molecular weight excluding hydrogens is 286 g/mol. The Bertz CT molecular complexity index is 404. The third-order valence-electron chi connectivity index (χ3n) is 2.71. The van der Waals surface area contributed by atoms with E-state index in [4.69, 9.17) is 4.55 Å². The Morgan fingerprint density at radius 3 is 2.35 bits per heavy atom. The van der Waals surface area contributed by atoms with Crippen LogP contribution in [-0.4, -0.2) is 42.2 Å². The Hall–Kier alpha value is -0.700. The van der Waals surface area contributed by atoms with Crippen LogP contribution in [0.5, 0.6) is 0 Å². The van der Waals surface area contributed by atoms with Gasteiger partial charge >= 0.3 is 10.4 Å². The first-order chi connectivity index (χ1) is 8.98. The molecule has 2 unspecified atom stereocenters. The van der Waals surface area contributed by atoms with E-state index in [2.05, 4.69) is 9.50 Å². The minimum Gasteiger partial charge on any atom is -0.387 e. The Morgan fingerprint density at radius 1 is 1.40 bits per heavy atom. The second-order valence-corrected chi connectivity index (χ2v) is 6.57. The van der Waals surface area contributed by atoms with E-state index in [-0.39, 0.29) is 24.8 Å². The van der Waals surface area contributed by atoms with Crippen LogP contribution in [0.25, 0.3) is 0 Å². The van der Waals surface area contributed by atoms with Crippen LogP contribution in [0.2, 0.25) is 0 Å². The van der Waals surface area contributed by atoms with Crippen molar-refractivity contribution >= 4 is 16.3 Å². The number of rotatable bonds is 9. The van der Waals surface area contributed by atoms with E-state index in [1.54, 1.807) is 0 Å². The van der Waals surface area contributed by atoms with Gasteiger partial charge < -0.3 is 10.4 Å². The number of hydrogen-bond donors (Lipinski definition) is 3. The molecule has 0 saturated carbocycles. The molecular formula is C12H25NO6S. The van der Waals surface area contributed by atoms with Crippen LogP contribution in [0.3, 0.4) is 0 Å². The molecule has 0 fully saturated rings. The van der Waals surface area contributed by atoms with Crippen LogP contribution in [-0.2, 0) is 19.4 Å². The summed E-state index contributed by atoms with van der Waals surface area (Å²) < 4.78 is 35.0. The Kier molecular flexibility index (Phi) is 7.64. The summed E-state index contributed by atoms with van der Waals surface area (Å²) in [7, 11) is -4.71. The van der Waals surface area contributed by atoms with Crippen molar-refractivity contribution in [3.63, 3.8) is 0 Å². The Labute approximate surface area is 120 Å². The van der Waals surface area contributed by atoms with Crippen molar-refractivity contribution in [1.82, 2.24) is 5.32 Å². The summed E-state index contributed by atoms with van der Waals surface area (Å²) in [5, 5.41) is 12.8. The highest BCUT2D eigenvalue weighted by Crippen LogP contribution is 2.23. The Balaban J connectivity index is 4.85. The number of carbonyl (C=O) groups is 1. The fourth-order valence-electron chi connectivity index (χ4n) is 1.98. The summed E-state index contributed by atoms with van der Waals surface area (Å²) >= 11 is 0. The zero-order chi connectivity index (χ0) is 16.0. The summed E-state index contributed by atoms with van der Waals surface area (Å²) in [4.78, 5) is 11.4. The van der Waals surface area contributed by atoms with Gasteiger partial charge in [-0.2, -0.15) is 8.42 Å². The third-order valence-corrected chi connectivity index (χ3v) is 3.19. The number of carbonyl (C=O) groups excluding carboxylic acids is 1. The van der Waals surface area contributed by atoms with Gasteiger partial charge in [0.2, 0.25) is 5.91 Å². The molecule has 0 aliphatic heterocycles. The number of nitrogens with one attached hydrogen (secondary N) is 1. The lowest BCUT2D eigenvalue weighted by molar-refractivity contribution is -0.122. The largest absolute Gasteiger partial charge is 0.397 e. The van der Waals surface area contributed by atoms with E-state index in [9.17, 15) is 18.3 Å². The van der Waals surface area contributed by atoms with Crippen molar-refractivity contribution in [3.05, 3.63) is 0 Å². The number of hydrogen-bond acceptors (Lipinski definition) is 5. The summed E-state index contributed by atoms with van der Waals surface area (Å²) in [5.41, 5.74) is -1.50. The third kappa shape index (κ3) is 8.47. The predicted molar refractivity (Wildman–Crippen MR) is 74.4 cm³/mol. The van der Waals surface area contributed by atoms with Gasteiger partial charge in [0.25, 0.3) is 0 Å². The highest BCUT2D eigenvalue weighted by atomic mass is 32.3. The average molecular weight is 311 g/mol. The molecule has 2 atom stereocenters. The molecule has 0 spiro atoms. The van der Waals surface area contributed by atoms with Gasteiger partial charge in [0.05, 0.1) is 5.60 Å². The van der Waals surface area contributed by atoms with Gasteiger partial charge in [-0.25, -0.2) is 4.18 Å². The lowest BCUT2D eigenvalue weighted by Crippen LogP contribution is -2.49. The van der Waals surface area contributed by atoms with Crippen molar-refractivity contribution in [1.29, 1.82) is 0 Å². The fourth-order valence-corrected chi connectivity index (χ4v) is 2.55. The SMILES string of the molecule is CCCC(=O)NCC(OS(=O)(=O)O)C(C)(O)CC(C)C. The molecule has 0 aliphatic carbocycles. The van der Waals surface area contributed by atoms with Gasteiger partial charge in [-0.15, -0.1) is 0 Å². The monoisotopic (exact) mass is 311 g/mol.